The number of halogens is 6. The molecule has 0 saturated heterocycles. The van der Waals surface area contributed by atoms with Gasteiger partial charge in [0.2, 0.25) is 5.91 Å². The van der Waals surface area contributed by atoms with Crippen molar-refractivity contribution in [1.29, 1.82) is 0 Å². The number of rotatable bonds is 10. The Balaban J connectivity index is 1.93. The fraction of sp³-hybridized carbons (Fsp3) is 0.385. The van der Waals surface area contributed by atoms with Crippen molar-refractivity contribution in [3.05, 3.63) is 83.1 Å². The molecule has 0 N–H and O–H groups in total. The summed E-state index contributed by atoms with van der Waals surface area (Å²) < 4.78 is 87.2. The number of carbonyl (C=O) groups excluding carboxylic acids is 2. The van der Waals surface area contributed by atoms with Crippen molar-refractivity contribution < 1.29 is 40.3 Å². The van der Waals surface area contributed by atoms with E-state index in [0.717, 1.165) is 10.6 Å². The van der Waals surface area contributed by atoms with E-state index in [1.54, 1.807) is 49.0 Å². The first-order chi connectivity index (χ1) is 17.8. The third-order valence-corrected chi connectivity index (χ3v) is 5.91. The molecule has 0 aliphatic rings. The zero-order valence-electron chi connectivity index (χ0n) is 20.8. The van der Waals surface area contributed by atoms with Gasteiger partial charge in [0.05, 0.1) is 30.5 Å². The van der Waals surface area contributed by atoms with Crippen LogP contribution in [0.5, 0.6) is 0 Å². The van der Waals surface area contributed by atoms with Crippen molar-refractivity contribution in [2.75, 3.05) is 13.1 Å². The van der Waals surface area contributed by atoms with Gasteiger partial charge in [-0.3, -0.25) is 9.59 Å². The Morgan fingerprint density at radius 2 is 1.58 bits per heavy atom. The first-order valence-corrected chi connectivity index (χ1v) is 11.8. The van der Waals surface area contributed by atoms with Crippen LogP contribution in [0.15, 0.2) is 59.3 Å². The van der Waals surface area contributed by atoms with Gasteiger partial charge >= 0.3 is 12.4 Å². The predicted molar refractivity (Wildman–Crippen MR) is 126 cm³/mol. The number of amides is 2. The number of aromatic nitrogens is 1. The van der Waals surface area contributed by atoms with E-state index in [-0.39, 0.29) is 25.7 Å². The highest BCUT2D eigenvalue weighted by Gasteiger charge is 2.38. The summed E-state index contributed by atoms with van der Waals surface area (Å²) in [7, 11) is 1.79. The van der Waals surface area contributed by atoms with E-state index in [9.17, 15) is 35.9 Å². The predicted octanol–water partition coefficient (Wildman–Crippen LogP) is 6.13. The lowest BCUT2D eigenvalue weighted by molar-refractivity contribution is -0.143. The first kappa shape index (κ1) is 28.9. The smallest absolute Gasteiger partial charge is 0.416 e. The Kier molecular flexibility index (Phi) is 8.95. The number of hydrogen-bond acceptors (Lipinski definition) is 3. The molecule has 206 valence electrons. The van der Waals surface area contributed by atoms with Gasteiger partial charge in [-0.1, -0.05) is 13.3 Å². The highest BCUT2D eigenvalue weighted by molar-refractivity contribution is 5.97. The first-order valence-electron chi connectivity index (χ1n) is 11.8. The Labute approximate surface area is 215 Å². The summed E-state index contributed by atoms with van der Waals surface area (Å²) in [6.07, 6.45) is -6.02. The summed E-state index contributed by atoms with van der Waals surface area (Å²) in [5, 5.41) is 0. The van der Waals surface area contributed by atoms with Gasteiger partial charge in [0.15, 0.2) is 0 Å². The summed E-state index contributed by atoms with van der Waals surface area (Å²) in [4.78, 5) is 29.0. The van der Waals surface area contributed by atoms with Crippen LogP contribution in [0.2, 0.25) is 0 Å². The quantitative estimate of drug-likeness (QED) is 0.289. The van der Waals surface area contributed by atoms with Crippen molar-refractivity contribution in [2.24, 2.45) is 7.05 Å². The molecule has 0 atom stereocenters. The van der Waals surface area contributed by atoms with E-state index < -0.39 is 47.4 Å². The highest BCUT2D eigenvalue weighted by atomic mass is 19.4. The third kappa shape index (κ3) is 7.42. The van der Waals surface area contributed by atoms with E-state index >= 15 is 0 Å². The second-order valence-corrected chi connectivity index (χ2v) is 8.81. The molecule has 0 spiro atoms. The van der Waals surface area contributed by atoms with E-state index in [2.05, 4.69) is 0 Å². The summed E-state index contributed by atoms with van der Waals surface area (Å²) in [6, 6.07) is 7.61. The van der Waals surface area contributed by atoms with E-state index in [0.29, 0.717) is 30.7 Å². The van der Waals surface area contributed by atoms with E-state index in [1.807, 2.05) is 0 Å². The van der Waals surface area contributed by atoms with E-state index in [4.69, 9.17) is 4.42 Å². The van der Waals surface area contributed by atoms with Crippen LogP contribution in [-0.4, -0.2) is 39.3 Å². The zero-order chi connectivity index (χ0) is 28.1. The fourth-order valence-electron chi connectivity index (χ4n) is 3.80. The highest BCUT2D eigenvalue weighted by Crippen LogP contribution is 2.36. The van der Waals surface area contributed by atoms with Crippen molar-refractivity contribution in [3.8, 4) is 0 Å². The normalized spacial score (nSPS) is 12.0. The fourth-order valence-corrected chi connectivity index (χ4v) is 3.80. The molecule has 38 heavy (non-hydrogen) atoms. The van der Waals surface area contributed by atoms with Crippen LogP contribution in [0.4, 0.5) is 26.3 Å². The maximum Gasteiger partial charge on any atom is 0.416 e. The molecule has 0 unspecified atom stereocenters. The lowest BCUT2D eigenvalue weighted by Gasteiger charge is -2.28. The van der Waals surface area contributed by atoms with Crippen molar-refractivity contribution in [3.63, 3.8) is 0 Å². The minimum Gasteiger partial charge on any atom is -0.467 e. The van der Waals surface area contributed by atoms with Gasteiger partial charge in [0.1, 0.15) is 12.3 Å². The van der Waals surface area contributed by atoms with Crippen LogP contribution in [-0.2, 0) is 37.3 Å². The SMILES string of the molecule is CCCCN(CC(=O)N(Cc1ccco1)Cc1cccn1C)C(=O)c1cc(C(F)(F)F)cc(C(F)(F)F)c1. The maximum absolute atomic E-state index is 13.4. The van der Waals surface area contributed by atoms with Crippen LogP contribution in [0, 0.1) is 0 Å². The zero-order valence-corrected chi connectivity index (χ0v) is 20.8. The molecule has 0 bridgehead atoms. The van der Waals surface area contributed by atoms with Crippen LogP contribution in [0.3, 0.4) is 0 Å². The number of unbranched alkanes of at least 4 members (excludes halogenated alkanes) is 1. The number of alkyl halides is 6. The average molecular weight is 544 g/mol. The van der Waals surface area contributed by atoms with Gasteiger partial charge in [0, 0.05) is 31.0 Å². The van der Waals surface area contributed by atoms with Gasteiger partial charge in [-0.25, -0.2) is 0 Å². The molecule has 2 heterocycles. The van der Waals surface area contributed by atoms with E-state index in [1.165, 1.54) is 11.2 Å². The second-order valence-electron chi connectivity index (χ2n) is 8.81. The van der Waals surface area contributed by atoms with Gasteiger partial charge < -0.3 is 18.8 Å². The third-order valence-electron chi connectivity index (χ3n) is 5.91. The molecule has 0 aliphatic carbocycles. The Bertz CT molecular complexity index is 1200. The monoisotopic (exact) mass is 543 g/mol. The minimum absolute atomic E-state index is 0.0303. The largest absolute Gasteiger partial charge is 0.467 e. The number of hydrogen-bond donors (Lipinski definition) is 0. The summed E-state index contributed by atoms with van der Waals surface area (Å²) in [5.74, 6) is -1.18. The number of nitrogens with zero attached hydrogens (tertiary/aromatic N) is 3. The molecule has 0 fully saturated rings. The van der Waals surface area contributed by atoms with Crippen molar-refractivity contribution in [1.82, 2.24) is 14.4 Å². The van der Waals surface area contributed by atoms with Crippen molar-refractivity contribution in [2.45, 2.75) is 45.2 Å². The lowest BCUT2D eigenvalue weighted by Crippen LogP contribution is -2.43. The minimum atomic E-state index is -5.10. The van der Waals surface area contributed by atoms with Crippen LogP contribution >= 0.6 is 0 Å². The van der Waals surface area contributed by atoms with Gasteiger partial charge in [-0.05, 0) is 48.9 Å². The molecule has 3 rings (SSSR count). The molecule has 2 aromatic heterocycles. The Hall–Kier alpha value is -3.70. The molecular weight excluding hydrogens is 516 g/mol. The summed E-state index contributed by atoms with van der Waals surface area (Å²) in [6.45, 7) is 1.42. The molecule has 0 saturated carbocycles. The molecule has 0 radical (unpaired) electrons. The van der Waals surface area contributed by atoms with Crippen LogP contribution in [0.25, 0.3) is 0 Å². The maximum atomic E-state index is 13.4. The molecular formula is C26H27F6N3O3. The molecule has 0 aliphatic heterocycles. The molecule has 1 aromatic carbocycles. The number of benzene rings is 1. The summed E-state index contributed by atoms with van der Waals surface area (Å²) in [5.41, 5.74) is -3.22. The van der Waals surface area contributed by atoms with Crippen molar-refractivity contribution >= 4 is 11.8 Å². The molecule has 3 aromatic rings. The van der Waals surface area contributed by atoms with Gasteiger partial charge in [-0.2, -0.15) is 26.3 Å². The molecule has 2 amide bonds. The molecule has 12 heteroatoms. The topological polar surface area (TPSA) is 58.7 Å². The van der Waals surface area contributed by atoms with Crippen LogP contribution < -0.4 is 0 Å². The van der Waals surface area contributed by atoms with Gasteiger partial charge in [0.25, 0.3) is 5.91 Å². The molecule has 6 nitrogen and oxygen atoms in total. The number of furan rings is 1. The standard InChI is InChI=1S/C26H27F6N3O3/c1-3-4-10-34(24(37)18-12-19(25(27,28)29)14-20(13-18)26(30,31)32)17-23(36)35(16-22-8-6-11-38-22)15-21-7-5-9-33(21)2/h5-9,11-14H,3-4,10,15-17H2,1-2H3. The number of aryl methyl sites for hydroxylation is 1. The van der Waals surface area contributed by atoms with Gasteiger partial charge in [-0.15, -0.1) is 0 Å². The Morgan fingerprint density at radius 3 is 2.08 bits per heavy atom. The number of carbonyl (C=O) groups is 2. The van der Waals surface area contributed by atoms with Crippen LogP contribution in [0.1, 0.15) is 52.7 Å². The Morgan fingerprint density at radius 1 is 0.921 bits per heavy atom. The lowest BCUT2D eigenvalue weighted by atomic mass is 10.0. The second kappa shape index (κ2) is 11.8. The average Bonchev–Trinajstić information content (AvgIpc) is 3.51. The summed E-state index contributed by atoms with van der Waals surface area (Å²) >= 11 is 0.